The zero-order valence-corrected chi connectivity index (χ0v) is 19.9. The summed E-state index contributed by atoms with van der Waals surface area (Å²) in [7, 11) is 4.79. The van der Waals surface area contributed by atoms with Crippen molar-refractivity contribution >= 4 is 22.6 Å². The molecule has 2 aromatic carbocycles. The number of amides is 1. The normalized spacial score (nSPS) is 14.0. The molecule has 0 aliphatic carbocycles. The van der Waals surface area contributed by atoms with Crippen molar-refractivity contribution in [2.75, 3.05) is 52.4 Å². The van der Waals surface area contributed by atoms with Gasteiger partial charge in [0.25, 0.3) is 5.91 Å². The molecule has 8 nitrogen and oxygen atoms in total. The number of benzene rings is 2. The van der Waals surface area contributed by atoms with E-state index in [0.717, 1.165) is 35.2 Å². The van der Waals surface area contributed by atoms with E-state index in [4.69, 9.17) is 19.2 Å². The minimum Gasteiger partial charge on any atom is -0.497 e. The topological polar surface area (TPSA) is 77.0 Å². The van der Waals surface area contributed by atoms with Gasteiger partial charge in [-0.05, 0) is 36.2 Å². The number of methoxy groups -OCH3 is 3. The van der Waals surface area contributed by atoms with E-state index < -0.39 is 0 Å². The predicted molar refractivity (Wildman–Crippen MR) is 128 cm³/mol. The van der Waals surface area contributed by atoms with Gasteiger partial charge in [0.05, 0.1) is 21.3 Å². The fraction of sp³-hybridized carbons (Fsp3) is 0.375. The Labute approximate surface area is 197 Å². The lowest BCUT2D eigenvalue weighted by molar-refractivity contribution is 0.0760. The van der Waals surface area contributed by atoms with Crippen LogP contribution >= 0.6 is 11.5 Å². The maximum absolute atomic E-state index is 13.3. The molecule has 0 radical (unpaired) electrons. The van der Waals surface area contributed by atoms with Crippen molar-refractivity contribution in [2.24, 2.45) is 0 Å². The molecule has 0 unspecified atom stereocenters. The molecule has 1 amide bonds. The zero-order valence-electron chi connectivity index (χ0n) is 19.1. The average Bonchev–Trinajstić information content (AvgIpc) is 3.17. The molecule has 1 fully saturated rings. The van der Waals surface area contributed by atoms with Crippen LogP contribution in [0.25, 0.3) is 0 Å². The summed E-state index contributed by atoms with van der Waals surface area (Å²) in [5.41, 5.74) is 1.57. The van der Waals surface area contributed by atoms with Crippen LogP contribution in [0.3, 0.4) is 0 Å². The standard InChI is InChI=1S/C24H28N4O4S/c1-30-18-8-4-7-17(15-18)16-21-25-24(33-26-21)28-12-6-11-27(13-14-28)23(29)22-19(31-2)9-5-10-20(22)32-3/h4-5,7-10,15H,6,11-14,16H2,1-3H3. The van der Waals surface area contributed by atoms with Crippen LogP contribution in [0.4, 0.5) is 5.13 Å². The summed E-state index contributed by atoms with van der Waals surface area (Å²) in [5.74, 6) is 2.58. The minimum absolute atomic E-state index is 0.0814. The third-order valence-electron chi connectivity index (χ3n) is 5.65. The van der Waals surface area contributed by atoms with E-state index in [1.54, 1.807) is 33.5 Å². The highest BCUT2D eigenvalue weighted by atomic mass is 32.1. The first-order valence-electron chi connectivity index (χ1n) is 10.8. The second-order valence-corrected chi connectivity index (χ2v) is 8.42. The molecule has 4 rings (SSSR count). The summed E-state index contributed by atoms with van der Waals surface area (Å²) in [6.07, 6.45) is 1.49. The van der Waals surface area contributed by atoms with Gasteiger partial charge in [-0.15, -0.1) is 0 Å². The van der Waals surface area contributed by atoms with E-state index >= 15 is 0 Å². The summed E-state index contributed by atoms with van der Waals surface area (Å²) >= 11 is 1.40. The Balaban J connectivity index is 1.43. The van der Waals surface area contributed by atoms with E-state index in [1.807, 2.05) is 35.2 Å². The molecule has 0 spiro atoms. The summed E-state index contributed by atoms with van der Waals surface area (Å²) in [5, 5.41) is 0.886. The van der Waals surface area contributed by atoms with Crippen molar-refractivity contribution in [2.45, 2.75) is 12.8 Å². The fourth-order valence-electron chi connectivity index (χ4n) is 3.94. The number of rotatable bonds is 7. The van der Waals surface area contributed by atoms with Gasteiger partial charge in [-0.3, -0.25) is 4.79 Å². The average molecular weight is 469 g/mol. The van der Waals surface area contributed by atoms with Crippen molar-refractivity contribution in [3.8, 4) is 17.2 Å². The number of carbonyl (C=O) groups is 1. The Bertz CT molecular complexity index is 1080. The first-order chi connectivity index (χ1) is 16.1. The number of hydrogen-bond acceptors (Lipinski definition) is 8. The molecular weight excluding hydrogens is 440 g/mol. The number of aromatic nitrogens is 2. The van der Waals surface area contributed by atoms with Crippen molar-refractivity contribution in [3.05, 3.63) is 59.4 Å². The first-order valence-corrected chi connectivity index (χ1v) is 11.6. The molecule has 1 aromatic heterocycles. The smallest absolute Gasteiger partial charge is 0.261 e. The summed E-state index contributed by atoms with van der Waals surface area (Å²) in [6.45, 7) is 2.76. The van der Waals surface area contributed by atoms with E-state index in [2.05, 4.69) is 9.27 Å². The van der Waals surface area contributed by atoms with Crippen LogP contribution in [0.2, 0.25) is 0 Å². The van der Waals surface area contributed by atoms with E-state index in [0.29, 0.717) is 43.1 Å². The lowest BCUT2D eigenvalue weighted by atomic mass is 10.1. The van der Waals surface area contributed by atoms with Crippen molar-refractivity contribution in [1.82, 2.24) is 14.3 Å². The van der Waals surface area contributed by atoms with Crippen LogP contribution in [0.1, 0.15) is 28.2 Å². The van der Waals surface area contributed by atoms with Crippen LogP contribution in [0.15, 0.2) is 42.5 Å². The second-order valence-electron chi connectivity index (χ2n) is 7.69. The van der Waals surface area contributed by atoms with Gasteiger partial charge >= 0.3 is 0 Å². The molecule has 0 saturated carbocycles. The molecule has 0 atom stereocenters. The molecule has 0 bridgehead atoms. The molecule has 1 aliphatic rings. The van der Waals surface area contributed by atoms with Gasteiger partial charge in [-0.2, -0.15) is 4.37 Å². The van der Waals surface area contributed by atoms with Gasteiger partial charge < -0.3 is 24.0 Å². The maximum Gasteiger partial charge on any atom is 0.261 e. The van der Waals surface area contributed by atoms with Crippen LogP contribution < -0.4 is 19.1 Å². The van der Waals surface area contributed by atoms with Gasteiger partial charge in [-0.25, -0.2) is 4.98 Å². The Morgan fingerprint density at radius 1 is 0.970 bits per heavy atom. The third kappa shape index (κ3) is 5.19. The van der Waals surface area contributed by atoms with Crippen LogP contribution in [0.5, 0.6) is 17.2 Å². The van der Waals surface area contributed by atoms with Crippen LogP contribution in [-0.4, -0.2) is 67.7 Å². The molecule has 1 saturated heterocycles. The largest absolute Gasteiger partial charge is 0.497 e. The van der Waals surface area contributed by atoms with Gasteiger partial charge in [0.1, 0.15) is 28.6 Å². The van der Waals surface area contributed by atoms with E-state index in [1.165, 1.54) is 11.5 Å². The number of carbonyl (C=O) groups excluding carboxylic acids is 1. The second kappa shape index (κ2) is 10.5. The Morgan fingerprint density at radius 2 is 1.73 bits per heavy atom. The lowest BCUT2D eigenvalue weighted by Gasteiger charge is -2.23. The van der Waals surface area contributed by atoms with Gasteiger partial charge in [0.15, 0.2) is 0 Å². The highest BCUT2D eigenvalue weighted by Crippen LogP contribution is 2.30. The van der Waals surface area contributed by atoms with Gasteiger partial charge in [0.2, 0.25) is 5.13 Å². The summed E-state index contributed by atoms with van der Waals surface area (Å²) in [6, 6.07) is 13.3. The molecule has 1 aliphatic heterocycles. The van der Waals surface area contributed by atoms with Gasteiger partial charge in [0, 0.05) is 44.1 Å². The van der Waals surface area contributed by atoms with Crippen LogP contribution in [0, 0.1) is 0 Å². The third-order valence-corrected chi connectivity index (χ3v) is 6.46. The minimum atomic E-state index is -0.0814. The Hall–Kier alpha value is -3.33. The van der Waals surface area contributed by atoms with Gasteiger partial charge in [-0.1, -0.05) is 18.2 Å². The van der Waals surface area contributed by atoms with Crippen molar-refractivity contribution in [1.29, 1.82) is 0 Å². The number of hydrogen-bond donors (Lipinski definition) is 0. The number of anilines is 1. The van der Waals surface area contributed by atoms with E-state index in [9.17, 15) is 4.79 Å². The molecule has 33 heavy (non-hydrogen) atoms. The molecule has 0 N–H and O–H groups in total. The lowest BCUT2D eigenvalue weighted by Crippen LogP contribution is -2.35. The predicted octanol–water partition coefficient (Wildman–Crippen LogP) is 3.51. The zero-order chi connectivity index (χ0) is 23.2. The maximum atomic E-state index is 13.3. The summed E-state index contributed by atoms with van der Waals surface area (Å²) in [4.78, 5) is 22.2. The quantitative estimate of drug-likeness (QED) is 0.525. The first kappa shape index (κ1) is 22.8. The van der Waals surface area contributed by atoms with E-state index in [-0.39, 0.29) is 5.91 Å². The highest BCUT2D eigenvalue weighted by Gasteiger charge is 2.26. The van der Waals surface area contributed by atoms with Crippen molar-refractivity contribution in [3.63, 3.8) is 0 Å². The monoisotopic (exact) mass is 468 g/mol. The Morgan fingerprint density at radius 3 is 2.45 bits per heavy atom. The number of nitrogens with zero attached hydrogens (tertiary/aromatic N) is 4. The fourth-order valence-corrected chi connectivity index (χ4v) is 4.68. The Kier molecular flexibility index (Phi) is 7.29. The van der Waals surface area contributed by atoms with Crippen molar-refractivity contribution < 1.29 is 19.0 Å². The SMILES string of the molecule is COc1cccc(Cc2nsc(N3CCCN(C(=O)c4c(OC)cccc4OC)CC3)n2)c1. The molecule has 174 valence electrons. The van der Waals surface area contributed by atoms with Crippen LogP contribution in [-0.2, 0) is 6.42 Å². The molecule has 2 heterocycles. The molecule has 9 heteroatoms. The summed E-state index contributed by atoms with van der Waals surface area (Å²) < 4.78 is 20.7. The molecule has 3 aromatic rings. The highest BCUT2D eigenvalue weighted by molar-refractivity contribution is 7.09. The number of ether oxygens (including phenoxy) is 3. The molecular formula is C24H28N4O4S.